The quantitative estimate of drug-likeness (QED) is 0.801. The maximum Gasteiger partial charge on any atom is 0.224 e. The molecule has 7 heteroatoms. The Balaban J connectivity index is 1.71. The zero-order valence-corrected chi connectivity index (χ0v) is 12.6. The molecular formula is C14H20FN3O2S. The van der Waals surface area contributed by atoms with E-state index in [-0.39, 0.29) is 11.6 Å². The fourth-order valence-electron chi connectivity index (χ4n) is 2.22. The monoisotopic (exact) mass is 313 g/mol. The molecule has 1 fully saturated rings. The van der Waals surface area contributed by atoms with Crippen LogP contribution in [0.1, 0.15) is 12.8 Å². The maximum atomic E-state index is 12.9. The Hall–Kier alpha value is -1.47. The SMILES string of the molecule is Nc1cc(F)ccc1NC(=O)CCCN1CCS(=O)CC1. The molecule has 0 saturated carbocycles. The molecule has 21 heavy (non-hydrogen) atoms. The highest BCUT2D eigenvalue weighted by Crippen LogP contribution is 2.19. The highest BCUT2D eigenvalue weighted by Gasteiger charge is 2.15. The summed E-state index contributed by atoms with van der Waals surface area (Å²) in [5.74, 6) is 0.887. The highest BCUT2D eigenvalue weighted by molar-refractivity contribution is 7.85. The van der Waals surface area contributed by atoms with Gasteiger partial charge in [-0.15, -0.1) is 0 Å². The van der Waals surface area contributed by atoms with Crippen LogP contribution in [0.5, 0.6) is 0 Å². The maximum absolute atomic E-state index is 12.9. The molecular weight excluding hydrogens is 293 g/mol. The van der Waals surface area contributed by atoms with Gasteiger partial charge in [0.1, 0.15) is 5.82 Å². The Morgan fingerprint density at radius 1 is 1.38 bits per heavy atom. The van der Waals surface area contributed by atoms with Crippen molar-refractivity contribution in [2.24, 2.45) is 0 Å². The topological polar surface area (TPSA) is 75.4 Å². The van der Waals surface area contributed by atoms with Crippen molar-refractivity contribution in [1.82, 2.24) is 4.90 Å². The zero-order chi connectivity index (χ0) is 15.2. The van der Waals surface area contributed by atoms with E-state index in [4.69, 9.17) is 5.73 Å². The van der Waals surface area contributed by atoms with Crippen LogP contribution in [0.4, 0.5) is 15.8 Å². The first-order valence-electron chi connectivity index (χ1n) is 6.97. The molecule has 1 saturated heterocycles. The van der Waals surface area contributed by atoms with Crippen LogP contribution in [-0.2, 0) is 15.6 Å². The van der Waals surface area contributed by atoms with E-state index in [0.717, 1.165) is 37.6 Å². The summed E-state index contributed by atoms with van der Waals surface area (Å²) in [6, 6.07) is 3.91. The third-order valence-electron chi connectivity index (χ3n) is 3.44. The first-order chi connectivity index (χ1) is 10.0. The van der Waals surface area contributed by atoms with Crippen LogP contribution in [0.2, 0.25) is 0 Å². The van der Waals surface area contributed by atoms with Crippen molar-refractivity contribution in [2.75, 3.05) is 42.2 Å². The Labute approximate surface area is 126 Å². The van der Waals surface area contributed by atoms with Gasteiger partial charge < -0.3 is 16.0 Å². The van der Waals surface area contributed by atoms with Gasteiger partial charge in [-0.3, -0.25) is 9.00 Å². The minimum atomic E-state index is -0.672. The summed E-state index contributed by atoms with van der Waals surface area (Å²) in [5.41, 5.74) is 6.30. The van der Waals surface area contributed by atoms with E-state index < -0.39 is 16.6 Å². The molecule has 0 spiro atoms. The van der Waals surface area contributed by atoms with Crippen molar-refractivity contribution < 1.29 is 13.4 Å². The van der Waals surface area contributed by atoms with Gasteiger partial charge in [-0.25, -0.2) is 4.39 Å². The third-order valence-corrected chi connectivity index (χ3v) is 4.71. The fourth-order valence-corrected chi connectivity index (χ4v) is 3.35. The van der Waals surface area contributed by atoms with Crippen LogP contribution >= 0.6 is 0 Å². The minimum Gasteiger partial charge on any atom is -0.397 e. The number of benzene rings is 1. The van der Waals surface area contributed by atoms with Crippen molar-refractivity contribution in [2.45, 2.75) is 12.8 Å². The lowest BCUT2D eigenvalue weighted by atomic mass is 10.2. The first kappa shape index (κ1) is 15.9. The normalized spacial score (nSPS) is 16.8. The second kappa shape index (κ2) is 7.51. The van der Waals surface area contributed by atoms with E-state index in [9.17, 15) is 13.4 Å². The molecule has 0 aromatic heterocycles. The summed E-state index contributed by atoms with van der Waals surface area (Å²) in [4.78, 5) is 14.0. The summed E-state index contributed by atoms with van der Waals surface area (Å²) in [6.07, 6.45) is 1.12. The van der Waals surface area contributed by atoms with E-state index in [1.807, 2.05) is 0 Å². The molecule has 2 rings (SSSR count). The predicted octanol–water partition coefficient (Wildman–Crippen LogP) is 1.19. The molecule has 1 aromatic rings. The number of hydrogen-bond donors (Lipinski definition) is 2. The second-order valence-corrected chi connectivity index (χ2v) is 6.77. The molecule has 1 aliphatic heterocycles. The molecule has 0 bridgehead atoms. The smallest absolute Gasteiger partial charge is 0.224 e. The van der Waals surface area contributed by atoms with Crippen LogP contribution in [-0.4, -0.2) is 46.2 Å². The average molecular weight is 313 g/mol. The molecule has 1 aromatic carbocycles. The van der Waals surface area contributed by atoms with E-state index in [1.165, 1.54) is 18.2 Å². The van der Waals surface area contributed by atoms with Crippen LogP contribution in [0.15, 0.2) is 18.2 Å². The zero-order valence-electron chi connectivity index (χ0n) is 11.8. The largest absolute Gasteiger partial charge is 0.397 e. The number of rotatable bonds is 5. The number of carbonyl (C=O) groups is 1. The minimum absolute atomic E-state index is 0.131. The van der Waals surface area contributed by atoms with E-state index in [0.29, 0.717) is 12.1 Å². The van der Waals surface area contributed by atoms with Gasteiger partial charge in [0.15, 0.2) is 0 Å². The van der Waals surface area contributed by atoms with Gasteiger partial charge in [0.2, 0.25) is 5.91 Å². The van der Waals surface area contributed by atoms with Gasteiger partial charge in [-0.2, -0.15) is 0 Å². The lowest BCUT2D eigenvalue weighted by molar-refractivity contribution is -0.116. The molecule has 1 heterocycles. The summed E-state index contributed by atoms with van der Waals surface area (Å²) in [7, 11) is -0.672. The van der Waals surface area contributed by atoms with Crippen LogP contribution in [0.25, 0.3) is 0 Å². The Kier molecular flexibility index (Phi) is 5.69. The molecule has 116 valence electrons. The molecule has 0 radical (unpaired) electrons. The van der Waals surface area contributed by atoms with E-state index in [2.05, 4.69) is 10.2 Å². The fraction of sp³-hybridized carbons (Fsp3) is 0.500. The number of halogens is 1. The summed E-state index contributed by atoms with van der Waals surface area (Å²) in [5, 5.41) is 2.68. The van der Waals surface area contributed by atoms with Gasteiger partial charge in [0, 0.05) is 41.8 Å². The lowest BCUT2D eigenvalue weighted by Gasteiger charge is -2.25. The number of nitrogens with one attached hydrogen (secondary N) is 1. The Morgan fingerprint density at radius 3 is 2.76 bits per heavy atom. The number of nitrogens with zero attached hydrogens (tertiary/aromatic N) is 1. The number of anilines is 2. The molecule has 0 aliphatic carbocycles. The number of hydrogen-bond acceptors (Lipinski definition) is 4. The van der Waals surface area contributed by atoms with Gasteiger partial charge in [0.05, 0.1) is 11.4 Å². The van der Waals surface area contributed by atoms with Crippen molar-refractivity contribution in [3.8, 4) is 0 Å². The van der Waals surface area contributed by atoms with E-state index >= 15 is 0 Å². The number of amides is 1. The second-order valence-electron chi connectivity index (χ2n) is 5.07. The molecule has 5 nitrogen and oxygen atoms in total. The van der Waals surface area contributed by atoms with Crippen molar-refractivity contribution >= 4 is 28.1 Å². The van der Waals surface area contributed by atoms with Crippen LogP contribution < -0.4 is 11.1 Å². The molecule has 0 unspecified atom stereocenters. The third kappa shape index (κ3) is 5.09. The highest BCUT2D eigenvalue weighted by atomic mass is 32.2. The molecule has 3 N–H and O–H groups in total. The molecule has 1 aliphatic rings. The number of nitrogen functional groups attached to an aromatic ring is 1. The van der Waals surface area contributed by atoms with Gasteiger partial charge in [0.25, 0.3) is 0 Å². The standard InChI is InChI=1S/C14H20FN3O2S/c15-11-3-4-13(12(16)10-11)17-14(19)2-1-5-18-6-8-21(20)9-7-18/h3-4,10H,1-2,5-9,16H2,(H,17,19). The Morgan fingerprint density at radius 2 is 2.10 bits per heavy atom. The van der Waals surface area contributed by atoms with E-state index in [1.54, 1.807) is 0 Å². The Bertz CT molecular complexity index is 529. The first-order valence-corrected chi connectivity index (χ1v) is 8.45. The van der Waals surface area contributed by atoms with Gasteiger partial charge in [-0.05, 0) is 31.2 Å². The number of nitrogens with two attached hydrogens (primary N) is 1. The molecule has 1 amide bonds. The van der Waals surface area contributed by atoms with Crippen molar-refractivity contribution in [1.29, 1.82) is 0 Å². The summed E-state index contributed by atoms with van der Waals surface area (Å²) in [6.45, 7) is 2.49. The van der Waals surface area contributed by atoms with Gasteiger partial charge >= 0.3 is 0 Å². The summed E-state index contributed by atoms with van der Waals surface area (Å²) >= 11 is 0. The lowest BCUT2D eigenvalue weighted by Crippen LogP contribution is -2.38. The molecule has 0 atom stereocenters. The van der Waals surface area contributed by atoms with Crippen molar-refractivity contribution in [3.05, 3.63) is 24.0 Å². The van der Waals surface area contributed by atoms with Crippen molar-refractivity contribution in [3.63, 3.8) is 0 Å². The summed E-state index contributed by atoms with van der Waals surface area (Å²) < 4.78 is 24.1. The van der Waals surface area contributed by atoms with Crippen LogP contribution in [0, 0.1) is 5.82 Å². The predicted molar refractivity (Wildman–Crippen MR) is 83.0 cm³/mol. The van der Waals surface area contributed by atoms with Gasteiger partial charge in [-0.1, -0.05) is 0 Å². The van der Waals surface area contributed by atoms with Crippen LogP contribution in [0.3, 0.4) is 0 Å². The average Bonchev–Trinajstić information content (AvgIpc) is 2.44. The number of carbonyl (C=O) groups excluding carboxylic acids is 1.